The first kappa shape index (κ1) is 21.6. The molecule has 5 nitrogen and oxygen atoms in total. The van der Waals surface area contributed by atoms with Crippen LogP contribution in [-0.4, -0.2) is 51.1 Å². The Morgan fingerprint density at radius 3 is 2.35 bits per heavy atom. The Morgan fingerprint density at radius 1 is 0.903 bits per heavy atom. The minimum atomic E-state index is -0.503. The Morgan fingerprint density at radius 2 is 1.61 bits per heavy atom. The highest BCUT2D eigenvalue weighted by molar-refractivity contribution is 5.83. The fourth-order valence-electron chi connectivity index (χ4n) is 4.53. The van der Waals surface area contributed by atoms with Crippen molar-refractivity contribution in [2.75, 3.05) is 39.9 Å². The van der Waals surface area contributed by atoms with Crippen molar-refractivity contribution >= 4 is 10.8 Å². The molecule has 1 saturated heterocycles. The van der Waals surface area contributed by atoms with Crippen molar-refractivity contribution in [3.05, 3.63) is 72.3 Å². The number of nitrogens with two attached hydrogens (primary N) is 1. The van der Waals surface area contributed by atoms with Crippen LogP contribution < -0.4 is 19.7 Å². The summed E-state index contributed by atoms with van der Waals surface area (Å²) in [5.74, 6) is 1.69. The second-order valence-corrected chi connectivity index (χ2v) is 8.42. The number of hydrogen-bond donors (Lipinski definition) is 3. The van der Waals surface area contributed by atoms with Gasteiger partial charge in [-0.25, -0.2) is 0 Å². The van der Waals surface area contributed by atoms with Crippen molar-refractivity contribution in [2.45, 2.75) is 25.0 Å². The maximum atomic E-state index is 10.5. The lowest BCUT2D eigenvalue weighted by Crippen LogP contribution is -3.13. The van der Waals surface area contributed by atoms with Gasteiger partial charge in [0.15, 0.2) is 6.04 Å². The van der Waals surface area contributed by atoms with Crippen molar-refractivity contribution < 1.29 is 24.8 Å². The smallest absolute Gasteiger partial charge is 0.163 e. The van der Waals surface area contributed by atoms with E-state index in [4.69, 9.17) is 9.47 Å². The van der Waals surface area contributed by atoms with Gasteiger partial charge in [0, 0.05) is 18.4 Å². The van der Waals surface area contributed by atoms with Gasteiger partial charge in [-0.15, -0.1) is 0 Å². The molecule has 0 spiro atoms. The number of ether oxygens (including phenoxy) is 2. The SMILES string of the molecule is COc1ccc([C@H](C[NH2+]C[C@H](O)COc2ccc3ccccc3c2)[NH+]2CCCC2)cc1. The van der Waals surface area contributed by atoms with Crippen molar-refractivity contribution in [1.29, 1.82) is 0 Å². The Hall–Kier alpha value is -2.60. The van der Waals surface area contributed by atoms with E-state index in [1.807, 2.05) is 36.4 Å². The summed E-state index contributed by atoms with van der Waals surface area (Å²) in [6, 6.07) is 23.2. The number of fused-ring (bicyclic) bond motifs is 1. The molecule has 4 N–H and O–H groups in total. The lowest BCUT2D eigenvalue weighted by atomic mass is 10.1. The Kier molecular flexibility index (Phi) is 7.41. The summed E-state index contributed by atoms with van der Waals surface area (Å²) in [6.45, 7) is 4.33. The molecular weight excluding hydrogens is 388 g/mol. The van der Waals surface area contributed by atoms with Crippen LogP contribution in [0.5, 0.6) is 11.5 Å². The van der Waals surface area contributed by atoms with Gasteiger partial charge >= 0.3 is 0 Å². The number of nitrogens with one attached hydrogen (secondary N) is 1. The number of rotatable bonds is 10. The minimum Gasteiger partial charge on any atom is -0.497 e. The van der Waals surface area contributed by atoms with E-state index in [2.05, 4.69) is 35.6 Å². The van der Waals surface area contributed by atoms with E-state index >= 15 is 0 Å². The molecule has 0 bridgehead atoms. The summed E-state index contributed by atoms with van der Waals surface area (Å²) in [7, 11) is 1.70. The summed E-state index contributed by atoms with van der Waals surface area (Å²) < 4.78 is 11.2. The van der Waals surface area contributed by atoms with E-state index in [0.29, 0.717) is 19.2 Å². The Labute approximate surface area is 184 Å². The molecule has 1 fully saturated rings. The lowest BCUT2D eigenvalue weighted by Gasteiger charge is -2.24. The van der Waals surface area contributed by atoms with Gasteiger partial charge in [0.25, 0.3) is 0 Å². The molecule has 1 aliphatic heterocycles. The third-order valence-electron chi connectivity index (χ3n) is 6.26. The summed E-state index contributed by atoms with van der Waals surface area (Å²) in [5.41, 5.74) is 1.34. The number of likely N-dealkylation sites (tertiary alicyclic amines) is 1. The van der Waals surface area contributed by atoms with Gasteiger partial charge < -0.3 is 24.8 Å². The molecule has 0 aliphatic carbocycles. The molecule has 0 saturated carbocycles. The number of benzene rings is 3. The molecule has 1 heterocycles. The molecule has 4 rings (SSSR count). The van der Waals surface area contributed by atoms with Gasteiger partial charge in [0.05, 0.1) is 20.2 Å². The van der Waals surface area contributed by atoms with Gasteiger partial charge in [-0.1, -0.05) is 30.3 Å². The first-order chi connectivity index (χ1) is 15.2. The van der Waals surface area contributed by atoms with Gasteiger partial charge in [-0.05, 0) is 47.2 Å². The molecule has 0 unspecified atom stereocenters. The highest BCUT2D eigenvalue weighted by Crippen LogP contribution is 2.20. The van der Waals surface area contributed by atoms with E-state index in [9.17, 15) is 5.11 Å². The minimum absolute atomic E-state index is 0.304. The monoisotopic (exact) mass is 422 g/mol. The van der Waals surface area contributed by atoms with Crippen LogP contribution in [0.15, 0.2) is 66.7 Å². The summed E-state index contributed by atoms with van der Waals surface area (Å²) in [4.78, 5) is 1.64. The fourth-order valence-corrected chi connectivity index (χ4v) is 4.53. The molecule has 0 radical (unpaired) electrons. The largest absolute Gasteiger partial charge is 0.497 e. The van der Waals surface area contributed by atoms with Crippen molar-refractivity contribution in [3.63, 3.8) is 0 Å². The number of hydrogen-bond acceptors (Lipinski definition) is 3. The van der Waals surface area contributed by atoms with Crippen LogP contribution in [0.1, 0.15) is 24.4 Å². The maximum absolute atomic E-state index is 10.5. The van der Waals surface area contributed by atoms with Gasteiger partial charge in [0.2, 0.25) is 0 Å². The quantitative estimate of drug-likeness (QED) is 0.465. The molecule has 164 valence electrons. The first-order valence-corrected chi connectivity index (χ1v) is 11.3. The number of methoxy groups -OCH3 is 1. The average Bonchev–Trinajstić information content (AvgIpc) is 3.35. The zero-order valence-corrected chi connectivity index (χ0v) is 18.3. The van der Waals surface area contributed by atoms with Crippen LogP contribution in [0.25, 0.3) is 10.8 Å². The van der Waals surface area contributed by atoms with Crippen LogP contribution >= 0.6 is 0 Å². The predicted molar refractivity (Wildman–Crippen MR) is 123 cm³/mol. The van der Waals surface area contributed by atoms with Crippen LogP contribution in [0.2, 0.25) is 0 Å². The summed E-state index contributed by atoms with van der Waals surface area (Å²) in [5, 5.41) is 15.0. The van der Waals surface area contributed by atoms with E-state index in [0.717, 1.165) is 23.4 Å². The highest BCUT2D eigenvalue weighted by Gasteiger charge is 2.29. The summed E-state index contributed by atoms with van der Waals surface area (Å²) in [6.07, 6.45) is 2.09. The van der Waals surface area contributed by atoms with Crippen molar-refractivity contribution in [2.24, 2.45) is 0 Å². The standard InChI is InChI=1S/C26H32N2O3/c1-30-24-11-9-21(10-12-24)26(28-14-4-5-15-28)18-27-17-23(29)19-31-25-13-8-20-6-2-3-7-22(20)16-25/h2-3,6-13,16,23,26-27,29H,4-5,14-15,17-19H2,1H3/p+2/t23-,26-/m0/s1. The van der Waals surface area contributed by atoms with E-state index in [-0.39, 0.29) is 0 Å². The second-order valence-electron chi connectivity index (χ2n) is 8.42. The maximum Gasteiger partial charge on any atom is 0.163 e. The van der Waals surface area contributed by atoms with Crippen LogP contribution in [0.3, 0.4) is 0 Å². The topological polar surface area (TPSA) is 59.7 Å². The van der Waals surface area contributed by atoms with Crippen LogP contribution in [0.4, 0.5) is 0 Å². The molecule has 3 aromatic rings. The number of aliphatic hydroxyl groups excluding tert-OH is 1. The normalized spacial score (nSPS) is 16.3. The van der Waals surface area contributed by atoms with Gasteiger partial charge in [-0.2, -0.15) is 0 Å². The highest BCUT2D eigenvalue weighted by atomic mass is 16.5. The number of aliphatic hydroxyl groups is 1. The van der Waals surface area contributed by atoms with Crippen LogP contribution in [0, 0.1) is 0 Å². The lowest BCUT2D eigenvalue weighted by molar-refractivity contribution is -0.934. The third-order valence-corrected chi connectivity index (χ3v) is 6.26. The average molecular weight is 423 g/mol. The zero-order valence-electron chi connectivity index (χ0n) is 18.3. The molecule has 0 amide bonds. The van der Waals surface area contributed by atoms with Gasteiger partial charge in [0.1, 0.15) is 37.3 Å². The molecule has 0 aromatic heterocycles. The van der Waals surface area contributed by atoms with E-state index in [1.165, 1.54) is 36.9 Å². The number of quaternary nitrogens is 2. The van der Waals surface area contributed by atoms with E-state index < -0.39 is 6.10 Å². The zero-order chi connectivity index (χ0) is 21.5. The predicted octanol–water partition coefficient (Wildman–Crippen LogP) is 1.57. The first-order valence-electron chi connectivity index (χ1n) is 11.3. The second kappa shape index (κ2) is 10.6. The van der Waals surface area contributed by atoms with Crippen molar-refractivity contribution in [3.8, 4) is 11.5 Å². The third kappa shape index (κ3) is 5.76. The molecule has 5 heteroatoms. The fraction of sp³-hybridized carbons (Fsp3) is 0.385. The molecular formula is C26H34N2O3+2. The summed E-state index contributed by atoms with van der Waals surface area (Å²) >= 11 is 0. The molecule has 31 heavy (non-hydrogen) atoms. The Balaban J connectivity index is 1.28. The van der Waals surface area contributed by atoms with E-state index in [1.54, 1.807) is 12.0 Å². The molecule has 1 aliphatic rings. The van der Waals surface area contributed by atoms with Crippen molar-refractivity contribution in [1.82, 2.24) is 0 Å². The molecule has 3 aromatic carbocycles. The van der Waals surface area contributed by atoms with Gasteiger partial charge in [-0.3, -0.25) is 0 Å². The Bertz CT molecular complexity index is 954. The molecule has 2 atom stereocenters. The van der Waals surface area contributed by atoms with Crippen LogP contribution in [-0.2, 0) is 0 Å².